The monoisotopic (exact) mass is 387 g/mol. The maximum atomic E-state index is 12.3. The highest BCUT2D eigenvalue weighted by Gasteiger charge is 2.50. The molecule has 2 aromatic rings. The number of pyridine rings is 1. The first kappa shape index (κ1) is 17.9. The van der Waals surface area contributed by atoms with Gasteiger partial charge in [-0.1, -0.05) is 30.3 Å². The molecule has 142 valence electrons. The van der Waals surface area contributed by atoms with E-state index in [0.717, 1.165) is 11.4 Å². The summed E-state index contributed by atoms with van der Waals surface area (Å²) in [4.78, 5) is 17.4. The summed E-state index contributed by atoms with van der Waals surface area (Å²) in [7, 11) is -3.31. The molecule has 2 saturated heterocycles. The predicted molar refractivity (Wildman–Crippen MR) is 101 cm³/mol. The van der Waals surface area contributed by atoms with Gasteiger partial charge in [-0.15, -0.1) is 0 Å². The average Bonchev–Trinajstić information content (AvgIpc) is 3.20. The number of fused-ring (bicyclic) bond motifs is 1. The third-order valence-corrected chi connectivity index (χ3v) is 6.74. The van der Waals surface area contributed by atoms with E-state index < -0.39 is 16.0 Å². The minimum absolute atomic E-state index is 0.156. The number of carboxylic acids is 1. The second-order valence-corrected chi connectivity index (χ2v) is 9.16. The molecule has 3 atom stereocenters. The lowest BCUT2D eigenvalue weighted by atomic mass is 9.90. The van der Waals surface area contributed by atoms with Crippen LogP contribution in [0.4, 0.5) is 5.82 Å². The van der Waals surface area contributed by atoms with Gasteiger partial charge in [0.15, 0.2) is 0 Å². The van der Waals surface area contributed by atoms with Crippen LogP contribution in [0.5, 0.6) is 0 Å². The number of rotatable bonds is 4. The number of benzene rings is 1. The van der Waals surface area contributed by atoms with E-state index in [1.54, 1.807) is 16.4 Å². The van der Waals surface area contributed by atoms with Crippen molar-refractivity contribution in [3.63, 3.8) is 0 Å². The molecular formula is C19H21N3O4S. The molecule has 0 aliphatic carbocycles. The van der Waals surface area contributed by atoms with Crippen LogP contribution in [0.15, 0.2) is 48.7 Å². The second-order valence-electron chi connectivity index (χ2n) is 7.23. The largest absolute Gasteiger partial charge is 0.478 e. The van der Waals surface area contributed by atoms with Crippen LogP contribution in [-0.2, 0) is 10.0 Å². The smallest absolute Gasteiger partial charge is 0.337 e. The van der Waals surface area contributed by atoms with Gasteiger partial charge in [0.05, 0.1) is 17.9 Å². The van der Waals surface area contributed by atoms with E-state index >= 15 is 0 Å². The molecular weight excluding hydrogens is 366 g/mol. The Balaban J connectivity index is 1.61. The SMILES string of the molecule is CS(=O)(=O)N1C[C@H]2CN(c3ccc(C(=O)O)cn3)C[C@H]2[C@@H]1c1ccccc1. The van der Waals surface area contributed by atoms with Gasteiger partial charge in [0.1, 0.15) is 5.82 Å². The van der Waals surface area contributed by atoms with Gasteiger partial charge in [-0.2, -0.15) is 4.31 Å². The summed E-state index contributed by atoms with van der Waals surface area (Å²) >= 11 is 0. The van der Waals surface area contributed by atoms with Gasteiger partial charge < -0.3 is 10.0 Å². The average molecular weight is 387 g/mol. The highest BCUT2D eigenvalue weighted by Crippen LogP contribution is 2.46. The van der Waals surface area contributed by atoms with Crippen molar-refractivity contribution < 1.29 is 18.3 Å². The van der Waals surface area contributed by atoms with Crippen molar-refractivity contribution in [1.82, 2.24) is 9.29 Å². The zero-order chi connectivity index (χ0) is 19.2. The molecule has 4 rings (SSSR count). The van der Waals surface area contributed by atoms with Crippen LogP contribution in [-0.4, -0.2) is 54.7 Å². The Morgan fingerprint density at radius 3 is 2.44 bits per heavy atom. The van der Waals surface area contributed by atoms with Gasteiger partial charge in [-0.3, -0.25) is 0 Å². The molecule has 1 aromatic carbocycles. The first-order valence-electron chi connectivity index (χ1n) is 8.80. The molecule has 27 heavy (non-hydrogen) atoms. The van der Waals surface area contributed by atoms with Crippen LogP contribution in [0.3, 0.4) is 0 Å². The summed E-state index contributed by atoms with van der Waals surface area (Å²) in [6.45, 7) is 1.89. The van der Waals surface area contributed by atoms with E-state index in [9.17, 15) is 13.2 Å². The number of hydrogen-bond donors (Lipinski definition) is 1. The fraction of sp³-hybridized carbons (Fsp3) is 0.368. The zero-order valence-corrected chi connectivity index (χ0v) is 15.7. The van der Waals surface area contributed by atoms with Gasteiger partial charge >= 0.3 is 5.97 Å². The molecule has 3 heterocycles. The number of hydrogen-bond acceptors (Lipinski definition) is 5. The molecule has 2 aliphatic rings. The Morgan fingerprint density at radius 2 is 1.85 bits per heavy atom. The quantitative estimate of drug-likeness (QED) is 0.861. The Morgan fingerprint density at radius 1 is 1.11 bits per heavy atom. The van der Waals surface area contributed by atoms with Crippen molar-refractivity contribution in [1.29, 1.82) is 0 Å². The maximum Gasteiger partial charge on any atom is 0.337 e. The summed E-state index contributed by atoms with van der Waals surface area (Å²) in [6, 6.07) is 12.8. The van der Waals surface area contributed by atoms with Crippen molar-refractivity contribution >= 4 is 21.8 Å². The summed E-state index contributed by atoms with van der Waals surface area (Å²) in [5.74, 6) is 0.112. The molecule has 0 unspecified atom stereocenters. The number of aromatic nitrogens is 1. The van der Waals surface area contributed by atoms with Gasteiger partial charge in [-0.25, -0.2) is 18.2 Å². The van der Waals surface area contributed by atoms with Crippen molar-refractivity contribution in [3.8, 4) is 0 Å². The Kier molecular flexibility index (Phi) is 4.39. The highest BCUT2D eigenvalue weighted by atomic mass is 32.2. The fourth-order valence-corrected chi connectivity index (χ4v) is 5.45. The summed E-state index contributed by atoms with van der Waals surface area (Å²) in [6.07, 6.45) is 2.64. The molecule has 0 radical (unpaired) electrons. The van der Waals surface area contributed by atoms with Crippen molar-refractivity contribution in [2.24, 2.45) is 11.8 Å². The number of sulfonamides is 1. The van der Waals surface area contributed by atoms with E-state index in [1.165, 1.54) is 12.5 Å². The summed E-state index contributed by atoms with van der Waals surface area (Å²) in [5, 5.41) is 9.02. The van der Waals surface area contributed by atoms with Crippen LogP contribution >= 0.6 is 0 Å². The Hall–Kier alpha value is -2.45. The van der Waals surface area contributed by atoms with Crippen molar-refractivity contribution in [2.45, 2.75) is 6.04 Å². The lowest BCUT2D eigenvalue weighted by Gasteiger charge is -2.28. The van der Waals surface area contributed by atoms with E-state index in [1.807, 2.05) is 30.3 Å². The molecule has 1 aromatic heterocycles. The van der Waals surface area contributed by atoms with E-state index in [2.05, 4.69) is 9.88 Å². The van der Waals surface area contributed by atoms with Gasteiger partial charge in [0.2, 0.25) is 10.0 Å². The number of carbonyl (C=O) groups is 1. The zero-order valence-electron chi connectivity index (χ0n) is 14.9. The second kappa shape index (κ2) is 6.61. The maximum absolute atomic E-state index is 12.3. The minimum Gasteiger partial charge on any atom is -0.478 e. The molecule has 7 nitrogen and oxygen atoms in total. The Labute approximate surface area is 158 Å². The molecule has 0 spiro atoms. The van der Waals surface area contributed by atoms with Crippen LogP contribution < -0.4 is 4.90 Å². The number of anilines is 1. The van der Waals surface area contributed by atoms with Crippen LogP contribution in [0.1, 0.15) is 22.0 Å². The molecule has 2 aliphatic heterocycles. The van der Waals surface area contributed by atoms with Crippen molar-refractivity contribution in [2.75, 3.05) is 30.8 Å². The fourth-order valence-electron chi connectivity index (χ4n) is 4.30. The number of aromatic carboxylic acids is 1. The number of carboxylic acid groups (broad SMARTS) is 1. The first-order valence-corrected chi connectivity index (χ1v) is 10.7. The highest BCUT2D eigenvalue weighted by molar-refractivity contribution is 7.88. The van der Waals surface area contributed by atoms with E-state index in [4.69, 9.17) is 5.11 Å². The summed E-state index contributed by atoms with van der Waals surface area (Å²) < 4.78 is 26.3. The molecule has 0 saturated carbocycles. The summed E-state index contributed by atoms with van der Waals surface area (Å²) in [5.41, 5.74) is 1.16. The van der Waals surface area contributed by atoms with Gasteiger partial charge in [-0.05, 0) is 23.6 Å². The van der Waals surface area contributed by atoms with Gasteiger partial charge in [0.25, 0.3) is 0 Å². The normalized spacial score (nSPS) is 25.5. The third kappa shape index (κ3) is 3.30. The molecule has 1 N–H and O–H groups in total. The third-order valence-electron chi connectivity index (χ3n) is 5.51. The number of nitrogens with zero attached hydrogens (tertiary/aromatic N) is 3. The molecule has 0 amide bonds. The molecule has 2 fully saturated rings. The van der Waals surface area contributed by atoms with E-state index in [-0.39, 0.29) is 23.4 Å². The topological polar surface area (TPSA) is 90.8 Å². The lowest BCUT2D eigenvalue weighted by Crippen LogP contribution is -2.35. The first-order chi connectivity index (χ1) is 12.8. The minimum atomic E-state index is -3.31. The van der Waals surface area contributed by atoms with Crippen LogP contribution in [0.2, 0.25) is 0 Å². The predicted octanol–water partition coefficient (Wildman–Crippen LogP) is 1.85. The Bertz CT molecular complexity index is 947. The van der Waals surface area contributed by atoms with Gasteiger partial charge in [0, 0.05) is 31.7 Å². The molecule has 8 heteroatoms. The van der Waals surface area contributed by atoms with Crippen molar-refractivity contribution in [3.05, 3.63) is 59.8 Å². The molecule has 0 bridgehead atoms. The lowest BCUT2D eigenvalue weighted by molar-refractivity contribution is 0.0696. The standard InChI is InChI=1S/C19H21N3O4S/c1-27(25,26)22-11-15-10-21(17-8-7-14(9-20-17)19(23)24)12-16(15)18(22)13-5-3-2-4-6-13/h2-9,15-16,18H,10-12H2,1H3,(H,23,24)/t15-,16-,18+/m1/s1. The van der Waals surface area contributed by atoms with E-state index in [0.29, 0.717) is 19.6 Å². The van der Waals surface area contributed by atoms with Crippen LogP contribution in [0.25, 0.3) is 0 Å². The van der Waals surface area contributed by atoms with Crippen LogP contribution in [0, 0.1) is 11.8 Å².